The van der Waals surface area contributed by atoms with Gasteiger partial charge in [0.05, 0.1) is 16.3 Å². The summed E-state index contributed by atoms with van der Waals surface area (Å²) >= 11 is 1.27. The van der Waals surface area contributed by atoms with Crippen LogP contribution in [0.15, 0.2) is 12.3 Å². The maximum absolute atomic E-state index is 11.1. The molecule has 0 aromatic carbocycles. The van der Waals surface area contributed by atoms with Gasteiger partial charge in [-0.15, -0.1) is 11.3 Å². The molecule has 0 aliphatic rings. The third-order valence-corrected chi connectivity index (χ3v) is 3.73. The van der Waals surface area contributed by atoms with Crippen molar-refractivity contribution in [3.8, 4) is 10.6 Å². The van der Waals surface area contributed by atoms with Gasteiger partial charge in [0.15, 0.2) is 5.01 Å². The minimum absolute atomic E-state index is 0.316. The van der Waals surface area contributed by atoms with E-state index in [0.29, 0.717) is 10.9 Å². The molecule has 0 bridgehead atoms. The van der Waals surface area contributed by atoms with Crippen LogP contribution in [0.5, 0.6) is 0 Å². The highest BCUT2D eigenvalue weighted by Crippen LogP contribution is 2.28. The van der Waals surface area contributed by atoms with Gasteiger partial charge in [-0.2, -0.15) is 0 Å². The molecule has 5 nitrogen and oxygen atoms in total. The Kier molecular flexibility index (Phi) is 3.90. The average Bonchev–Trinajstić information content (AvgIpc) is 2.71. The van der Waals surface area contributed by atoms with Crippen molar-refractivity contribution < 1.29 is 4.79 Å². The summed E-state index contributed by atoms with van der Waals surface area (Å²) in [7, 11) is 0. The quantitative estimate of drug-likeness (QED) is 0.928. The van der Waals surface area contributed by atoms with Crippen molar-refractivity contribution in [3.05, 3.63) is 28.8 Å². The summed E-state index contributed by atoms with van der Waals surface area (Å²) in [4.78, 5) is 25.0. The minimum Gasteiger partial charge on any atom is -0.364 e. The number of nitrogens with two attached hydrogens (primary N) is 1. The molecule has 0 radical (unpaired) electrons. The number of aryl methyl sites for hydroxylation is 1. The first-order chi connectivity index (χ1) is 8.97. The maximum atomic E-state index is 11.1. The molecule has 0 aliphatic heterocycles. The molecule has 2 aromatic heterocycles. The minimum atomic E-state index is -0.504. The Balaban J connectivity index is 2.38. The van der Waals surface area contributed by atoms with Gasteiger partial charge < -0.3 is 5.73 Å². The van der Waals surface area contributed by atoms with E-state index in [1.54, 1.807) is 6.20 Å². The van der Waals surface area contributed by atoms with Crippen LogP contribution in [0.25, 0.3) is 10.6 Å². The fraction of sp³-hybridized carbons (Fsp3) is 0.385. The van der Waals surface area contributed by atoms with Gasteiger partial charge in [-0.25, -0.2) is 15.0 Å². The highest BCUT2D eigenvalue weighted by molar-refractivity contribution is 7.17. The fourth-order valence-electron chi connectivity index (χ4n) is 1.73. The second kappa shape index (κ2) is 5.44. The van der Waals surface area contributed by atoms with Crippen molar-refractivity contribution in [1.82, 2.24) is 15.0 Å². The number of carbonyl (C=O) groups excluding carboxylic acids is 1. The van der Waals surface area contributed by atoms with E-state index in [4.69, 9.17) is 5.73 Å². The number of hydrogen-bond donors (Lipinski definition) is 1. The van der Waals surface area contributed by atoms with Gasteiger partial charge in [0, 0.05) is 12.6 Å². The second-order valence-electron chi connectivity index (χ2n) is 4.75. The summed E-state index contributed by atoms with van der Waals surface area (Å²) < 4.78 is 0. The van der Waals surface area contributed by atoms with Crippen molar-refractivity contribution >= 4 is 17.2 Å². The first kappa shape index (κ1) is 13.6. The second-order valence-corrected chi connectivity index (χ2v) is 5.75. The molecular formula is C13H16N4OS. The molecule has 1 amide bonds. The summed E-state index contributed by atoms with van der Waals surface area (Å²) in [5.41, 5.74) is 6.82. The molecule has 100 valence electrons. The lowest BCUT2D eigenvalue weighted by Crippen LogP contribution is -2.10. The highest BCUT2D eigenvalue weighted by Gasteiger charge is 2.14. The van der Waals surface area contributed by atoms with Gasteiger partial charge in [-0.1, -0.05) is 13.8 Å². The molecule has 0 spiro atoms. The molecule has 0 unspecified atom stereocenters. The summed E-state index contributed by atoms with van der Waals surface area (Å²) in [6.45, 7) is 6.10. The normalized spacial score (nSPS) is 10.9. The van der Waals surface area contributed by atoms with Gasteiger partial charge in [0.1, 0.15) is 5.82 Å². The first-order valence-electron chi connectivity index (χ1n) is 6.07. The van der Waals surface area contributed by atoms with E-state index < -0.39 is 5.91 Å². The van der Waals surface area contributed by atoms with Crippen molar-refractivity contribution in [1.29, 1.82) is 0 Å². The van der Waals surface area contributed by atoms with Crippen LogP contribution in [0.2, 0.25) is 0 Å². The van der Waals surface area contributed by atoms with Crippen molar-refractivity contribution in [2.24, 2.45) is 11.7 Å². The average molecular weight is 276 g/mol. The van der Waals surface area contributed by atoms with E-state index in [-0.39, 0.29) is 0 Å². The van der Waals surface area contributed by atoms with Crippen LogP contribution in [-0.4, -0.2) is 20.9 Å². The molecule has 2 aromatic rings. The number of carbonyl (C=O) groups is 1. The summed E-state index contributed by atoms with van der Waals surface area (Å²) in [5.74, 6) is 0.802. The Morgan fingerprint density at radius 1 is 1.42 bits per heavy atom. The highest BCUT2D eigenvalue weighted by atomic mass is 32.1. The number of nitrogens with zero attached hydrogens (tertiary/aromatic N) is 3. The van der Waals surface area contributed by atoms with Gasteiger partial charge in [-0.3, -0.25) is 4.79 Å². The van der Waals surface area contributed by atoms with E-state index in [1.807, 2.05) is 13.0 Å². The molecule has 0 saturated heterocycles. The van der Waals surface area contributed by atoms with E-state index in [9.17, 15) is 4.79 Å². The molecule has 2 rings (SSSR count). The molecule has 2 heterocycles. The van der Waals surface area contributed by atoms with Gasteiger partial charge >= 0.3 is 0 Å². The molecule has 6 heteroatoms. The van der Waals surface area contributed by atoms with E-state index in [1.165, 1.54) is 11.3 Å². The van der Waals surface area contributed by atoms with E-state index >= 15 is 0 Å². The lowest BCUT2D eigenvalue weighted by Gasteiger charge is -2.04. The molecule has 0 fully saturated rings. The molecule has 19 heavy (non-hydrogen) atoms. The molecule has 0 aliphatic carbocycles. The zero-order valence-corrected chi connectivity index (χ0v) is 12.0. The van der Waals surface area contributed by atoms with Crippen molar-refractivity contribution in [2.75, 3.05) is 0 Å². The predicted octanol–water partition coefficient (Wildman–Crippen LogP) is 2.21. The third kappa shape index (κ3) is 3.14. The number of thiazole rings is 1. The summed E-state index contributed by atoms with van der Waals surface area (Å²) in [5, 5.41) is 0.316. The van der Waals surface area contributed by atoms with Gasteiger partial charge in [0.2, 0.25) is 0 Å². The summed E-state index contributed by atoms with van der Waals surface area (Å²) in [6, 6.07) is 1.83. The molecule has 0 saturated carbocycles. The van der Waals surface area contributed by atoms with Crippen molar-refractivity contribution in [3.63, 3.8) is 0 Å². The summed E-state index contributed by atoms with van der Waals surface area (Å²) in [6.07, 6.45) is 2.57. The largest absolute Gasteiger partial charge is 0.364 e. The first-order valence-corrected chi connectivity index (χ1v) is 6.88. The zero-order valence-electron chi connectivity index (χ0n) is 11.2. The third-order valence-electron chi connectivity index (χ3n) is 2.54. The van der Waals surface area contributed by atoms with Crippen LogP contribution < -0.4 is 5.73 Å². The predicted molar refractivity (Wildman–Crippen MR) is 74.9 cm³/mol. The zero-order chi connectivity index (χ0) is 14.0. The monoisotopic (exact) mass is 276 g/mol. The van der Waals surface area contributed by atoms with Crippen LogP contribution in [-0.2, 0) is 6.42 Å². The van der Waals surface area contributed by atoms with Crippen LogP contribution >= 0.6 is 11.3 Å². The number of primary amides is 1. The fourth-order valence-corrected chi connectivity index (χ4v) is 2.62. The van der Waals surface area contributed by atoms with Crippen molar-refractivity contribution in [2.45, 2.75) is 27.2 Å². The smallest absolute Gasteiger partial charge is 0.277 e. The topological polar surface area (TPSA) is 81.8 Å². The number of aromatic nitrogens is 3. The maximum Gasteiger partial charge on any atom is 0.277 e. The SMILES string of the molecule is Cc1nc(C(N)=O)sc1-c1ccnc(CC(C)C)n1. The van der Waals surface area contributed by atoms with Crippen LogP contribution in [0, 0.1) is 12.8 Å². The Morgan fingerprint density at radius 3 is 2.74 bits per heavy atom. The van der Waals surface area contributed by atoms with Crippen LogP contribution in [0.3, 0.4) is 0 Å². The number of rotatable bonds is 4. The van der Waals surface area contributed by atoms with Gasteiger partial charge in [0.25, 0.3) is 5.91 Å². The van der Waals surface area contributed by atoms with E-state index in [2.05, 4.69) is 28.8 Å². The number of hydrogen-bond acceptors (Lipinski definition) is 5. The van der Waals surface area contributed by atoms with Crippen LogP contribution in [0.4, 0.5) is 0 Å². The lowest BCUT2D eigenvalue weighted by molar-refractivity contribution is 0.1000. The Labute approximate surface area is 115 Å². The lowest BCUT2D eigenvalue weighted by atomic mass is 10.1. The standard InChI is InChI=1S/C13H16N4OS/c1-7(2)6-10-15-5-4-9(17-10)11-8(3)16-13(19-11)12(14)18/h4-5,7H,6H2,1-3H3,(H2,14,18). The molecule has 2 N–H and O–H groups in total. The molecular weight excluding hydrogens is 260 g/mol. The molecule has 0 atom stereocenters. The Morgan fingerprint density at radius 2 is 2.16 bits per heavy atom. The number of amides is 1. The van der Waals surface area contributed by atoms with Crippen LogP contribution in [0.1, 0.15) is 35.2 Å². The van der Waals surface area contributed by atoms with Gasteiger partial charge in [-0.05, 0) is 18.9 Å². The van der Waals surface area contributed by atoms with E-state index in [0.717, 1.165) is 28.5 Å². The Bertz CT molecular complexity index is 606. The Hall–Kier alpha value is -1.82.